The summed E-state index contributed by atoms with van der Waals surface area (Å²) in [5.74, 6) is 0.347. The van der Waals surface area contributed by atoms with E-state index < -0.39 is 17.7 Å². The van der Waals surface area contributed by atoms with Gasteiger partial charge in [-0.05, 0) is 19.4 Å². The topological polar surface area (TPSA) is 63.0 Å². The lowest BCUT2D eigenvalue weighted by Gasteiger charge is -2.25. The molecule has 5 nitrogen and oxygen atoms in total. The maximum atomic E-state index is 13.6. The Hall–Kier alpha value is -1.86. The summed E-state index contributed by atoms with van der Waals surface area (Å²) in [6, 6.07) is 3.35. The van der Waals surface area contributed by atoms with Gasteiger partial charge in [0.25, 0.3) is 0 Å². The largest absolute Gasteiger partial charge is 0.387 e. The first-order chi connectivity index (χ1) is 10.5. The lowest BCUT2D eigenvalue weighted by atomic mass is 10.1. The van der Waals surface area contributed by atoms with Crippen LogP contribution in [0, 0.1) is 18.6 Å². The zero-order chi connectivity index (χ0) is 15.7. The molecular formula is C15H18F2N4O. The highest BCUT2D eigenvalue weighted by molar-refractivity contribution is 5.21. The highest BCUT2D eigenvalue weighted by Gasteiger charge is 2.22. The van der Waals surface area contributed by atoms with E-state index in [4.69, 9.17) is 0 Å². The third-order valence-corrected chi connectivity index (χ3v) is 3.89. The Morgan fingerprint density at radius 3 is 3.05 bits per heavy atom. The molecule has 2 atom stereocenters. The molecule has 1 aromatic heterocycles. The fraction of sp³-hybridized carbons (Fsp3) is 0.467. The van der Waals surface area contributed by atoms with Crippen molar-refractivity contribution in [1.82, 2.24) is 20.1 Å². The van der Waals surface area contributed by atoms with Gasteiger partial charge in [-0.25, -0.2) is 18.4 Å². The van der Waals surface area contributed by atoms with Crippen LogP contribution in [0.2, 0.25) is 0 Å². The number of nitrogens with one attached hydrogen (secondary N) is 1. The van der Waals surface area contributed by atoms with Gasteiger partial charge in [-0.1, -0.05) is 6.07 Å². The molecule has 7 heteroatoms. The van der Waals surface area contributed by atoms with E-state index in [0.717, 1.165) is 36.6 Å². The zero-order valence-corrected chi connectivity index (χ0v) is 12.3. The van der Waals surface area contributed by atoms with E-state index in [2.05, 4.69) is 15.4 Å². The van der Waals surface area contributed by atoms with Gasteiger partial charge in [0, 0.05) is 30.6 Å². The molecule has 0 spiro atoms. The molecule has 0 aliphatic carbocycles. The number of nitrogens with zero attached hydrogens (tertiary/aromatic N) is 3. The number of rotatable bonds is 4. The maximum Gasteiger partial charge on any atom is 0.147 e. The number of aliphatic hydroxyl groups is 1. The summed E-state index contributed by atoms with van der Waals surface area (Å²) in [7, 11) is 0. The molecule has 0 bridgehead atoms. The molecule has 0 unspecified atom stereocenters. The molecule has 2 N–H and O–H groups in total. The summed E-state index contributed by atoms with van der Waals surface area (Å²) in [4.78, 5) is 4.34. The summed E-state index contributed by atoms with van der Waals surface area (Å²) in [5.41, 5.74) is 0.0991. The van der Waals surface area contributed by atoms with E-state index in [1.54, 1.807) is 0 Å². The lowest BCUT2D eigenvalue weighted by Crippen LogP contribution is -2.39. The van der Waals surface area contributed by atoms with Crippen molar-refractivity contribution in [3.8, 4) is 0 Å². The fourth-order valence-electron chi connectivity index (χ4n) is 2.76. The summed E-state index contributed by atoms with van der Waals surface area (Å²) in [6.45, 7) is 2.74. The van der Waals surface area contributed by atoms with Crippen LogP contribution in [0.5, 0.6) is 0 Å². The molecule has 22 heavy (non-hydrogen) atoms. The molecule has 1 aliphatic rings. The van der Waals surface area contributed by atoms with Gasteiger partial charge in [0.1, 0.15) is 23.3 Å². The number of fused-ring (bicyclic) bond motifs is 1. The number of aromatic nitrogens is 3. The van der Waals surface area contributed by atoms with Crippen molar-refractivity contribution in [2.24, 2.45) is 0 Å². The first-order valence-corrected chi connectivity index (χ1v) is 7.29. The molecule has 118 valence electrons. The van der Waals surface area contributed by atoms with Crippen molar-refractivity contribution in [3.63, 3.8) is 0 Å². The quantitative estimate of drug-likeness (QED) is 0.898. The summed E-state index contributed by atoms with van der Waals surface area (Å²) in [6.07, 6.45) is 0.690. The Balaban J connectivity index is 1.59. The number of hydrogen-bond acceptors (Lipinski definition) is 4. The van der Waals surface area contributed by atoms with Gasteiger partial charge in [0.05, 0.1) is 12.6 Å². The van der Waals surface area contributed by atoms with Crippen LogP contribution < -0.4 is 5.32 Å². The lowest BCUT2D eigenvalue weighted by molar-refractivity contribution is 0.160. The first kappa shape index (κ1) is 15.1. The van der Waals surface area contributed by atoms with E-state index in [9.17, 15) is 13.9 Å². The average Bonchev–Trinajstić information content (AvgIpc) is 2.84. The van der Waals surface area contributed by atoms with Gasteiger partial charge in [-0.15, -0.1) is 0 Å². The summed E-state index contributed by atoms with van der Waals surface area (Å²) < 4.78 is 28.4. The van der Waals surface area contributed by atoms with Crippen LogP contribution in [0.15, 0.2) is 18.2 Å². The molecule has 0 fully saturated rings. The molecule has 2 aromatic rings. The van der Waals surface area contributed by atoms with Crippen molar-refractivity contribution in [1.29, 1.82) is 0 Å². The van der Waals surface area contributed by atoms with Crippen LogP contribution in [0.25, 0.3) is 0 Å². The van der Waals surface area contributed by atoms with E-state index in [0.29, 0.717) is 6.54 Å². The monoisotopic (exact) mass is 308 g/mol. The van der Waals surface area contributed by atoms with Crippen molar-refractivity contribution in [3.05, 3.63) is 47.0 Å². The minimum absolute atomic E-state index is 0.0991. The molecule has 0 saturated heterocycles. The van der Waals surface area contributed by atoms with E-state index in [1.165, 1.54) is 6.07 Å². The molecule has 3 rings (SSSR count). The van der Waals surface area contributed by atoms with Gasteiger partial charge < -0.3 is 10.4 Å². The second-order valence-corrected chi connectivity index (χ2v) is 5.58. The second-order valence-electron chi connectivity index (χ2n) is 5.58. The average molecular weight is 308 g/mol. The Labute approximate surface area is 127 Å². The Kier molecular flexibility index (Phi) is 4.17. The second kappa shape index (κ2) is 6.10. The number of hydrogen-bond donors (Lipinski definition) is 2. The third kappa shape index (κ3) is 3.15. The molecule has 1 aromatic carbocycles. The van der Waals surface area contributed by atoms with Gasteiger partial charge in [-0.3, -0.25) is 0 Å². The molecule has 2 heterocycles. The fourth-order valence-corrected chi connectivity index (χ4v) is 2.76. The maximum absolute atomic E-state index is 13.6. The molecule has 1 aliphatic heterocycles. The highest BCUT2D eigenvalue weighted by Crippen LogP contribution is 2.19. The first-order valence-electron chi connectivity index (χ1n) is 7.29. The molecule has 0 saturated carbocycles. The number of halogens is 2. The van der Waals surface area contributed by atoms with E-state index >= 15 is 0 Å². The van der Waals surface area contributed by atoms with Crippen molar-refractivity contribution in [2.45, 2.75) is 38.5 Å². The SMILES string of the molecule is Cc1nc2n(n1)C[C@H](NC[C@@H](O)c1ccc(F)cc1F)CC2. The van der Waals surface area contributed by atoms with Crippen molar-refractivity contribution < 1.29 is 13.9 Å². The number of aryl methyl sites for hydroxylation is 2. The van der Waals surface area contributed by atoms with Crippen LogP contribution in [0.1, 0.15) is 29.7 Å². The summed E-state index contributed by atoms with van der Waals surface area (Å²) in [5, 5.41) is 17.6. The van der Waals surface area contributed by atoms with Gasteiger partial charge in [-0.2, -0.15) is 5.10 Å². The highest BCUT2D eigenvalue weighted by atomic mass is 19.1. The van der Waals surface area contributed by atoms with Crippen LogP contribution in [-0.4, -0.2) is 32.5 Å². The number of aliphatic hydroxyl groups excluding tert-OH is 1. The van der Waals surface area contributed by atoms with E-state index in [-0.39, 0.29) is 18.2 Å². The van der Waals surface area contributed by atoms with Crippen LogP contribution in [0.3, 0.4) is 0 Å². The minimum Gasteiger partial charge on any atom is -0.387 e. The molecule has 0 radical (unpaired) electrons. The predicted molar refractivity (Wildman–Crippen MR) is 76.2 cm³/mol. The van der Waals surface area contributed by atoms with Crippen LogP contribution in [0.4, 0.5) is 8.78 Å². The summed E-state index contributed by atoms with van der Waals surface area (Å²) >= 11 is 0. The zero-order valence-electron chi connectivity index (χ0n) is 12.3. The smallest absolute Gasteiger partial charge is 0.147 e. The van der Waals surface area contributed by atoms with Gasteiger partial charge in [0.15, 0.2) is 0 Å². The molecular weight excluding hydrogens is 290 g/mol. The normalized spacial score (nSPS) is 19.0. The van der Waals surface area contributed by atoms with Crippen LogP contribution >= 0.6 is 0 Å². The molecule has 0 amide bonds. The third-order valence-electron chi connectivity index (χ3n) is 3.89. The Bertz CT molecular complexity index is 674. The van der Waals surface area contributed by atoms with Crippen molar-refractivity contribution in [2.75, 3.05) is 6.54 Å². The Morgan fingerprint density at radius 2 is 2.27 bits per heavy atom. The van der Waals surface area contributed by atoms with Crippen molar-refractivity contribution >= 4 is 0 Å². The minimum atomic E-state index is -1.01. The van der Waals surface area contributed by atoms with Gasteiger partial charge in [0.2, 0.25) is 0 Å². The Morgan fingerprint density at radius 1 is 1.45 bits per heavy atom. The standard InChI is InChI=1S/C15H18F2N4O/c1-9-19-15-5-3-11(8-21(15)20-9)18-7-14(22)12-4-2-10(16)6-13(12)17/h2,4,6,11,14,18,22H,3,5,7-8H2,1H3/t11-,14-/m1/s1. The number of benzene rings is 1. The predicted octanol–water partition coefficient (Wildman–Crippen LogP) is 1.50. The van der Waals surface area contributed by atoms with E-state index in [1.807, 2.05) is 11.6 Å². The van der Waals surface area contributed by atoms with Gasteiger partial charge >= 0.3 is 0 Å². The van der Waals surface area contributed by atoms with Crippen LogP contribution in [-0.2, 0) is 13.0 Å².